The number of aliphatic hydroxyl groups is 2. The zero-order valence-corrected chi connectivity index (χ0v) is 27.5. The van der Waals surface area contributed by atoms with Crippen LogP contribution in [0.25, 0.3) is 0 Å². The fourth-order valence-corrected chi connectivity index (χ4v) is 5.90. The Morgan fingerprint density at radius 2 is 0.700 bits per heavy atom. The number of rotatable bonds is 4. The van der Waals surface area contributed by atoms with E-state index in [1.165, 1.54) is 0 Å². The predicted octanol–water partition coefficient (Wildman–Crippen LogP) is 11.2. The standard InChI is InChI=1S/2C14H9Cl5O/c15-11-5-1-9(2-6-11)13(20,14(17,18)19)10-3-7-12(16)8-4-10;15-11-7-3-1-5-9(11)13(20,14(17,18)19)10-6-2-4-8-12(10)16/h2*1-8,20H. The van der Waals surface area contributed by atoms with E-state index in [4.69, 9.17) is 116 Å². The Morgan fingerprint density at radius 3 is 0.975 bits per heavy atom. The van der Waals surface area contributed by atoms with Crippen LogP contribution in [0.2, 0.25) is 20.1 Å². The average Bonchev–Trinajstić information content (AvgIpc) is 2.88. The van der Waals surface area contributed by atoms with Gasteiger partial charge in [0, 0.05) is 31.2 Å². The number of hydrogen-bond acceptors (Lipinski definition) is 2. The van der Waals surface area contributed by atoms with Crippen molar-refractivity contribution in [3.8, 4) is 0 Å². The lowest BCUT2D eigenvalue weighted by Crippen LogP contribution is -2.41. The minimum absolute atomic E-state index is 0.273. The van der Waals surface area contributed by atoms with Crippen LogP contribution in [0, 0.1) is 0 Å². The summed E-state index contributed by atoms with van der Waals surface area (Å²) in [5.74, 6) is 0. The lowest BCUT2D eigenvalue weighted by molar-refractivity contribution is 0.0848. The van der Waals surface area contributed by atoms with Crippen LogP contribution in [0.4, 0.5) is 0 Å². The molecule has 0 amide bonds. The topological polar surface area (TPSA) is 40.5 Å². The van der Waals surface area contributed by atoms with E-state index in [9.17, 15) is 10.2 Å². The summed E-state index contributed by atoms with van der Waals surface area (Å²) >= 11 is 60.0. The van der Waals surface area contributed by atoms with Crippen LogP contribution in [0.1, 0.15) is 22.3 Å². The summed E-state index contributed by atoms with van der Waals surface area (Å²) in [4.78, 5) is 0. The first-order chi connectivity index (χ1) is 18.5. The van der Waals surface area contributed by atoms with Crippen molar-refractivity contribution < 1.29 is 10.2 Å². The highest BCUT2D eigenvalue weighted by Gasteiger charge is 2.52. The molecule has 0 saturated carbocycles. The number of alkyl halides is 6. The summed E-state index contributed by atoms with van der Waals surface area (Å²) < 4.78 is -4.02. The molecule has 0 aliphatic heterocycles. The molecule has 0 atom stereocenters. The Kier molecular flexibility index (Phi) is 11.6. The third-order valence-electron chi connectivity index (χ3n) is 5.87. The molecular formula is C28H18Cl10O2. The molecule has 0 aromatic heterocycles. The van der Waals surface area contributed by atoms with Crippen LogP contribution in [-0.2, 0) is 11.2 Å². The molecule has 0 unspecified atom stereocenters. The van der Waals surface area contributed by atoms with E-state index in [0.717, 1.165) is 0 Å². The zero-order chi connectivity index (χ0) is 29.9. The van der Waals surface area contributed by atoms with Gasteiger partial charge in [-0.05, 0) is 47.5 Å². The molecule has 12 heteroatoms. The normalized spacial score (nSPS) is 12.5. The maximum atomic E-state index is 11.1. The van der Waals surface area contributed by atoms with Gasteiger partial charge >= 0.3 is 0 Å². The predicted molar refractivity (Wildman–Crippen MR) is 172 cm³/mol. The fourth-order valence-electron chi connectivity index (χ4n) is 3.84. The average molecular weight is 741 g/mol. The number of benzene rings is 4. The second-order valence-corrected chi connectivity index (χ2v) is 14.6. The Bertz CT molecular complexity index is 1340. The zero-order valence-electron chi connectivity index (χ0n) is 19.9. The van der Waals surface area contributed by atoms with E-state index in [1.54, 1.807) is 97.1 Å². The quantitative estimate of drug-likeness (QED) is 0.205. The summed E-state index contributed by atoms with van der Waals surface area (Å²) in [5, 5.41) is 23.7. The Labute approximate surface area is 282 Å². The van der Waals surface area contributed by atoms with Crippen LogP contribution in [0.5, 0.6) is 0 Å². The van der Waals surface area contributed by atoms with Crippen molar-refractivity contribution in [2.45, 2.75) is 18.8 Å². The lowest BCUT2D eigenvalue weighted by Gasteiger charge is -2.36. The highest BCUT2D eigenvalue weighted by molar-refractivity contribution is 6.69. The summed E-state index contributed by atoms with van der Waals surface area (Å²) in [6.07, 6.45) is 0. The molecule has 0 aliphatic rings. The Hall–Kier alpha value is -0.300. The molecule has 4 aromatic carbocycles. The van der Waals surface area contributed by atoms with Crippen LogP contribution in [-0.4, -0.2) is 17.8 Å². The maximum Gasteiger partial charge on any atom is 0.227 e. The second kappa shape index (κ2) is 13.6. The van der Waals surface area contributed by atoms with Crippen molar-refractivity contribution in [3.05, 3.63) is 139 Å². The smallest absolute Gasteiger partial charge is 0.227 e. The van der Waals surface area contributed by atoms with Gasteiger partial charge in [0.25, 0.3) is 0 Å². The van der Waals surface area contributed by atoms with E-state index < -0.39 is 18.8 Å². The molecule has 4 aromatic rings. The summed E-state index contributed by atoms with van der Waals surface area (Å²) in [5.41, 5.74) is -2.39. The van der Waals surface area contributed by atoms with Gasteiger partial charge in [-0.1, -0.05) is 177 Å². The van der Waals surface area contributed by atoms with Gasteiger partial charge in [0.2, 0.25) is 7.59 Å². The molecule has 4 rings (SSSR count). The molecular weight excluding hydrogens is 723 g/mol. The number of hydrogen-bond donors (Lipinski definition) is 2. The molecule has 0 fully saturated rings. The molecule has 212 valence electrons. The molecule has 0 bridgehead atoms. The summed E-state index contributed by atoms with van der Waals surface area (Å²) in [7, 11) is 0. The third-order valence-corrected chi connectivity index (χ3v) is 8.68. The van der Waals surface area contributed by atoms with Crippen molar-refractivity contribution in [1.82, 2.24) is 0 Å². The Balaban J connectivity index is 0.000000220. The molecule has 2 nitrogen and oxygen atoms in total. The van der Waals surface area contributed by atoms with Crippen LogP contribution >= 0.6 is 116 Å². The minimum atomic E-state index is -2.05. The first kappa shape index (κ1) is 34.2. The maximum absolute atomic E-state index is 11.1. The van der Waals surface area contributed by atoms with Crippen molar-refractivity contribution in [1.29, 1.82) is 0 Å². The highest BCUT2D eigenvalue weighted by atomic mass is 35.6. The highest BCUT2D eigenvalue weighted by Crippen LogP contribution is 2.52. The van der Waals surface area contributed by atoms with E-state index in [-0.39, 0.29) is 21.2 Å². The van der Waals surface area contributed by atoms with Crippen molar-refractivity contribution in [2.24, 2.45) is 0 Å². The number of halogens is 10. The largest absolute Gasteiger partial charge is 0.376 e. The van der Waals surface area contributed by atoms with Gasteiger partial charge < -0.3 is 10.2 Å². The molecule has 0 heterocycles. The van der Waals surface area contributed by atoms with Crippen LogP contribution in [0.15, 0.2) is 97.1 Å². The van der Waals surface area contributed by atoms with Gasteiger partial charge in [-0.3, -0.25) is 0 Å². The Morgan fingerprint density at radius 1 is 0.400 bits per heavy atom. The minimum Gasteiger partial charge on any atom is -0.376 e. The van der Waals surface area contributed by atoms with E-state index in [0.29, 0.717) is 21.2 Å². The monoisotopic (exact) mass is 736 g/mol. The van der Waals surface area contributed by atoms with E-state index in [2.05, 4.69) is 0 Å². The first-order valence-corrected chi connectivity index (χ1v) is 14.9. The van der Waals surface area contributed by atoms with E-state index >= 15 is 0 Å². The van der Waals surface area contributed by atoms with Crippen LogP contribution in [0.3, 0.4) is 0 Å². The summed E-state index contributed by atoms with van der Waals surface area (Å²) in [6, 6.07) is 26.1. The van der Waals surface area contributed by atoms with Gasteiger partial charge in [-0.25, -0.2) is 0 Å². The van der Waals surface area contributed by atoms with Gasteiger partial charge in [0.05, 0.1) is 0 Å². The second-order valence-electron chi connectivity index (χ2n) is 8.39. The SMILES string of the molecule is OC(c1ccc(Cl)cc1)(c1ccc(Cl)cc1)C(Cl)(Cl)Cl.OC(c1ccccc1Cl)(c1ccccc1Cl)C(Cl)(Cl)Cl. The first-order valence-electron chi connectivity index (χ1n) is 11.1. The third kappa shape index (κ3) is 7.25. The van der Waals surface area contributed by atoms with Gasteiger partial charge in [0.1, 0.15) is 0 Å². The molecule has 0 radical (unpaired) electrons. The molecule has 40 heavy (non-hydrogen) atoms. The van der Waals surface area contributed by atoms with Gasteiger partial charge in [-0.2, -0.15) is 0 Å². The lowest BCUT2D eigenvalue weighted by atomic mass is 9.87. The van der Waals surface area contributed by atoms with Crippen molar-refractivity contribution >= 4 is 116 Å². The summed E-state index contributed by atoms with van der Waals surface area (Å²) in [6.45, 7) is 0. The molecule has 0 spiro atoms. The van der Waals surface area contributed by atoms with Gasteiger partial charge in [0.15, 0.2) is 11.2 Å². The molecule has 0 saturated heterocycles. The molecule has 2 N–H and O–H groups in total. The fraction of sp³-hybridized carbons (Fsp3) is 0.143. The van der Waals surface area contributed by atoms with Crippen molar-refractivity contribution in [2.75, 3.05) is 0 Å². The van der Waals surface area contributed by atoms with Crippen molar-refractivity contribution in [3.63, 3.8) is 0 Å². The molecule has 0 aliphatic carbocycles. The van der Waals surface area contributed by atoms with Gasteiger partial charge in [-0.15, -0.1) is 0 Å². The van der Waals surface area contributed by atoms with Crippen LogP contribution < -0.4 is 0 Å². The van der Waals surface area contributed by atoms with E-state index in [1.807, 2.05) is 0 Å².